The van der Waals surface area contributed by atoms with Crippen LogP contribution in [0.2, 0.25) is 0 Å². The third kappa shape index (κ3) is 9.57. The number of nitrogens with zero attached hydrogens (tertiary/aromatic N) is 2. The van der Waals surface area contributed by atoms with Crippen LogP contribution in [0.5, 0.6) is 0 Å². The molecule has 0 aliphatic heterocycles. The Morgan fingerprint density at radius 2 is 1.12 bits per heavy atom. The van der Waals surface area contributed by atoms with E-state index in [2.05, 4.69) is 71.0 Å². The van der Waals surface area contributed by atoms with Crippen molar-refractivity contribution in [3.8, 4) is 0 Å². The molecule has 2 heteroatoms. The van der Waals surface area contributed by atoms with Gasteiger partial charge >= 0.3 is 0 Å². The normalized spacial score (nSPS) is 12.1. The molecule has 0 saturated carbocycles. The van der Waals surface area contributed by atoms with Crippen molar-refractivity contribution in [2.75, 3.05) is 0 Å². The molecular weight excluding hydrogens is 412 g/mol. The van der Waals surface area contributed by atoms with Crippen LogP contribution in [0, 0.1) is 0 Å². The summed E-state index contributed by atoms with van der Waals surface area (Å²) in [5.74, 6) is 0. The fourth-order valence-electron chi connectivity index (χ4n) is 4.60. The Morgan fingerprint density at radius 3 is 1.68 bits per heavy atom. The minimum Gasteiger partial charge on any atom is -0.255 e. The molecule has 34 heavy (non-hydrogen) atoms. The first-order valence-corrected chi connectivity index (χ1v) is 14.0. The highest BCUT2D eigenvalue weighted by Crippen LogP contribution is 2.23. The number of hydrogen-bond donors (Lipinski definition) is 0. The van der Waals surface area contributed by atoms with E-state index in [1.807, 2.05) is 6.21 Å². The van der Waals surface area contributed by atoms with Crippen LogP contribution in [-0.4, -0.2) is 11.9 Å². The molecular formula is C32H48N2. The summed E-state index contributed by atoms with van der Waals surface area (Å²) in [5, 5.41) is 0. The van der Waals surface area contributed by atoms with Gasteiger partial charge in [-0.2, -0.15) is 0 Å². The Labute approximate surface area is 210 Å². The third-order valence-electron chi connectivity index (χ3n) is 6.38. The molecule has 0 heterocycles. The zero-order chi connectivity index (χ0) is 24.6. The van der Waals surface area contributed by atoms with Gasteiger partial charge in [-0.1, -0.05) is 91.7 Å². The zero-order valence-corrected chi connectivity index (χ0v) is 22.6. The van der Waals surface area contributed by atoms with Crippen molar-refractivity contribution in [2.45, 2.75) is 118 Å². The van der Waals surface area contributed by atoms with Crippen LogP contribution in [0.1, 0.15) is 115 Å². The van der Waals surface area contributed by atoms with Crippen molar-refractivity contribution in [2.24, 2.45) is 9.98 Å². The molecule has 186 valence electrons. The van der Waals surface area contributed by atoms with Crippen molar-refractivity contribution in [3.05, 3.63) is 58.7 Å². The number of rotatable bonds is 16. The van der Waals surface area contributed by atoms with E-state index < -0.39 is 0 Å². The van der Waals surface area contributed by atoms with Crippen LogP contribution >= 0.6 is 0 Å². The van der Waals surface area contributed by atoms with E-state index in [-0.39, 0.29) is 0 Å². The van der Waals surface area contributed by atoms with Crippen LogP contribution < -0.4 is 0 Å². The number of aryl methyl sites for hydroxylation is 4. The Kier molecular flexibility index (Phi) is 13.5. The SMILES string of the molecule is CCCCCCC(C=Nc1ccc(CCC)c(CCC)c1)=Nc1ccc(CCC)c(CCC)c1. The molecule has 0 N–H and O–H groups in total. The molecule has 2 rings (SSSR count). The number of hydrogen-bond acceptors (Lipinski definition) is 2. The highest BCUT2D eigenvalue weighted by Gasteiger charge is 2.06. The molecule has 0 unspecified atom stereocenters. The van der Waals surface area contributed by atoms with Crippen molar-refractivity contribution < 1.29 is 0 Å². The van der Waals surface area contributed by atoms with Gasteiger partial charge in [-0.3, -0.25) is 9.98 Å². The highest BCUT2D eigenvalue weighted by atomic mass is 14.8. The third-order valence-corrected chi connectivity index (χ3v) is 6.38. The lowest BCUT2D eigenvalue weighted by molar-refractivity contribution is 0.684. The minimum absolute atomic E-state index is 0.985. The van der Waals surface area contributed by atoms with E-state index in [0.29, 0.717) is 0 Å². The second-order valence-corrected chi connectivity index (χ2v) is 9.58. The van der Waals surface area contributed by atoms with Crippen LogP contribution in [0.15, 0.2) is 46.4 Å². The Hall–Kier alpha value is -2.22. The maximum atomic E-state index is 5.09. The molecule has 0 aliphatic rings. The van der Waals surface area contributed by atoms with E-state index in [0.717, 1.165) is 49.2 Å². The fraction of sp³-hybridized carbons (Fsp3) is 0.562. The summed E-state index contributed by atoms with van der Waals surface area (Å²) < 4.78 is 0. The lowest BCUT2D eigenvalue weighted by Crippen LogP contribution is -2.01. The fourth-order valence-corrected chi connectivity index (χ4v) is 4.60. The number of benzene rings is 2. The second kappa shape index (κ2) is 16.4. The molecule has 0 atom stereocenters. The Morgan fingerprint density at radius 1 is 0.588 bits per heavy atom. The number of unbranched alkanes of at least 4 members (excludes halogenated alkanes) is 3. The summed E-state index contributed by atoms with van der Waals surface area (Å²) in [6, 6.07) is 13.6. The molecule has 0 bridgehead atoms. The summed E-state index contributed by atoms with van der Waals surface area (Å²) >= 11 is 0. The zero-order valence-electron chi connectivity index (χ0n) is 22.6. The lowest BCUT2D eigenvalue weighted by atomic mass is 9.99. The predicted molar refractivity (Wildman–Crippen MR) is 153 cm³/mol. The van der Waals surface area contributed by atoms with Crippen LogP contribution in [-0.2, 0) is 25.7 Å². The molecule has 2 nitrogen and oxygen atoms in total. The van der Waals surface area contributed by atoms with E-state index in [4.69, 9.17) is 9.98 Å². The van der Waals surface area contributed by atoms with E-state index in [1.54, 1.807) is 0 Å². The van der Waals surface area contributed by atoms with Crippen molar-refractivity contribution in [1.82, 2.24) is 0 Å². The molecule has 2 aromatic carbocycles. The second-order valence-electron chi connectivity index (χ2n) is 9.58. The Balaban J connectivity index is 2.31. The summed E-state index contributed by atoms with van der Waals surface area (Å²) in [6.45, 7) is 11.3. The van der Waals surface area contributed by atoms with E-state index in [1.165, 1.54) is 73.6 Å². The summed E-state index contributed by atoms with van der Waals surface area (Å²) in [5.41, 5.74) is 9.10. The van der Waals surface area contributed by atoms with Gasteiger partial charge in [-0.15, -0.1) is 0 Å². The molecule has 0 spiro atoms. The van der Waals surface area contributed by atoms with Gasteiger partial charge in [-0.25, -0.2) is 0 Å². The standard InChI is InChI=1S/C32H48N2/c1-6-11-12-13-18-32(34-31-22-20-27(15-8-3)29(24-31)17-10-5)25-33-30-21-19-26(14-7-2)28(23-30)16-9-4/h19-25H,6-18H2,1-5H3. The van der Waals surface area contributed by atoms with Crippen LogP contribution in [0.25, 0.3) is 0 Å². The smallest absolute Gasteiger partial charge is 0.0636 e. The van der Waals surface area contributed by atoms with Gasteiger partial charge in [0.1, 0.15) is 0 Å². The molecule has 0 radical (unpaired) electrons. The van der Waals surface area contributed by atoms with Gasteiger partial charge in [0, 0.05) is 6.21 Å². The van der Waals surface area contributed by atoms with Crippen molar-refractivity contribution >= 4 is 23.3 Å². The van der Waals surface area contributed by atoms with Crippen LogP contribution in [0.4, 0.5) is 11.4 Å². The van der Waals surface area contributed by atoms with Gasteiger partial charge in [0.05, 0.1) is 17.1 Å². The van der Waals surface area contributed by atoms with Crippen molar-refractivity contribution in [1.29, 1.82) is 0 Å². The molecule has 0 amide bonds. The maximum Gasteiger partial charge on any atom is 0.0636 e. The molecule has 0 saturated heterocycles. The molecule has 0 aromatic heterocycles. The monoisotopic (exact) mass is 460 g/mol. The van der Waals surface area contributed by atoms with Gasteiger partial charge < -0.3 is 0 Å². The largest absolute Gasteiger partial charge is 0.255 e. The average molecular weight is 461 g/mol. The highest BCUT2D eigenvalue weighted by molar-refractivity contribution is 6.31. The van der Waals surface area contributed by atoms with E-state index in [9.17, 15) is 0 Å². The first-order valence-electron chi connectivity index (χ1n) is 14.0. The Bertz CT molecular complexity index is 907. The summed E-state index contributed by atoms with van der Waals surface area (Å²) in [6.07, 6.45) is 17.2. The lowest BCUT2D eigenvalue weighted by Gasteiger charge is -2.10. The molecule has 2 aromatic rings. The summed E-state index contributed by atoms with van der Waals surface area (Å²) in [4.78, 5) is 9.98. The quantitative estimate of drug-likeness (QED) is 0.176. The van der Waals surface area contributed by atoms with Gasteiger partial charge in [0.25, 0.3) is 0 Å². The van der Waals surface area contributed by atoms with Crippen molar-refractivity contribution in [3.63, 3.8) is 0 Å². The van der Waals surface area contributed by atoms with Gasteiger partial charge in [-0.05, 0) is 85.0 Å². The molecule has 0 aliphatic carbocycles. The minimum atomic E-state index is 0.985. The van der Waals surface area contributed by atoms with Gasteiger partial charge in [0.15, 0.2) is 0 Å². The van der Waals surface area contributed by atoms with Gasteiger partial charge in [0.2, 0.25) is 0 Å². The average Bonchev–Trinajstić information content (AvgIpc) is 2.83. The summed E-state index contributed by atoms with van der Waals surface area (Å²) in [7, 11) is 0. The maximum absolute atomic E-state index is 5.09. The van der Waals surface area contributed by atoms with Crippen LogP contribution in [0.3, 0.4) is 0 Å². The molecule has 0 fully saturated rings. The first kappa shape index (κ1) is 28.0. The topological polar surface area (TPSA) is 24.7 Å². The first-order chi connectivity index (χ1) is 16.6. The predicted octanol–water partition coefficient (Wildman–Crippen LogP) is 9.94. The van der Waals surface area contributed by atoms with E-state index >= 15 is 0 Å². The number of aliphatic imine (C=N–C) groups is 2.